The molecule has 2 aliphatic heterocycles. The van der Waals surface area contributed by atoms with Crippen LogP contribution in [-0.2, 0) is 25.4 Å². The van der Waals surface area contributed by atoms with E-state index < -0.39 is 5.60 Å². The van der Waals surface area contributed by atoms with Crippen molar-refractivity contribution in [3.8, 4) is 11.3 Å². The van der Waals surface area contributed by atoms with E-state index in [4.69, 9.17) is 0 Å². The first kappa shape index (κ1) is 30.6. The van der Waals surface area contributed by atoms with Crippen LogP contribution in [0.5, 0.6) is 0 Å². The quantitative estimate of drug-likeness (QED) is 0.306. The number of likely N-dealkylation sites (tertiary alicyclic amines) is 2. The zero-order chi connectivity index (χ0) is 32.7. The number of rotatable bonds is 6. The van der Waals surface area contributed by atoms with Crippen molar-refractivity contribution in [2.45, 2.75) is 37.3 Å². The summed E-state index contributed by atoms with van der Waals surface area (Å²) < 4.78 is 5.19. The summed E-state index contributed by atoms with van der Waals surface area (Å²) >= 11 is 0. The van der Waals surface area contributed by atoms with Crippen molar-refractivity contribution in [1.82, 2.24) is 33.5 Å². The Morgan fingerprint density at radius 1 is 0.936 bits per heavy atom. The third-order valence-electron chi connectivity index (χ3n) is 10.1. The second-order valence-corrected chi connectivity index (χ2v) is 13.0. The minimum absolute atomic E-state index is 0.0522. The number of pyridine rings is 1. The maximum absolute atomic E-state index is 14.1. The average Bonchev–Trinajstić information content (AvgIpc) is 3.68. The lowest BCUT2D eigenvalue weighted by atomic mass is 9.79. The standard InChI is InChI=1S/C36H39N7O4/c1-39-18-12-28-32(39)38-24-43(34(28)45)23-36(47)14-20-41(21-15-36)33(44)27-13-19-42(22-29(27)25-6-4-3-5-7-25)35(46)31-9-8-30(40(31)2)26-10-16-37-17-11-26/h3-12,16-18,24,27,29,47H,13-15,19-23H2,1-2H3/t27-,29+/m1/s1. The monoisotopic (exact) mass is 633 g/mol. The van der Waals surface area contributed by atoms with Crippen LogP contribution in [0.3, 0.4) is 0 Å². The van der Waals surface area contributed by atoms with Gasteiger partial charge in [-0.1, -0.05) is 30.3 Å². The van der Waals surface area contributed by atoms with E-state index in [9.17, 15) is 19.5 Å². The second-order valence-electron chi connectivity index (χ2n) is 13.0. The lowest BCUT2D eigenvalue weighted by Crippen LogP contribution is -2.53. The van der Waals surface area contributed by atoms with Crippen LogP contribution in [0.15, 0.2) is 90.4 Å². The predicted octanol–water partition coefficient (Wildman–Crippen LogP) is 3.44. The molecule has 1 N–H and O–H groups in total. The van der Waals surface area contributed by atoms with Crippen LogP contribution in [-0.4, -0.2) is 82.2 Å². The van der Waals surface area contributed by atoms with Gasteiger partial charge in [0.15, 0.2) is 0 Å². The molecular formula is C36H39N7O4. The first-order chi connectivity index (χ1) is 22.7. The van der Waals surface area contributed by atoms with Gasteiger partial charge in [-0.15, -0.1) is 0 Å². The van der Waals surface area contributed by atoms with Gasteiger partial charge in [0.25, 0.3) is 11.5 Å². The largest absolute Gasteiger partial charge is 0.388 e. The van der Waals surface area contributed by atoms with Gasteiger partial charge in [0, 0.05) is 82.0 Å². The van der Waals surface area contributed by atoms with E-state index in [2.05, 4.69) is 9.97 Å². The lowest BCUT2D eigenvalue weighted by Gasteiger charge is -2.43. The van der Waals surface area contributed by atoms with Gasteiger partial charge in [-0.05, 0) is 55.2 Å². The highest BCUT2D eigenvalue weighted by molar-refractivity contribution is 5.94. The fourth-order valence-electron chi connectivity index (χ4n) is 7.32. The van der Waals surface area contributed by atoms with Crippen molar-refractivity contribution >= 4 is 22.8 Å². The maximum atomic E-state index is 14.1. The highest BCUT2D eigenvalue weighted by Crippen LogP contribution is 2.36. The Morgan fingerprint density at radius 3 is 2.43 bits per heavy atom. The molecule has 2 atom stereocenters. The highest BCUT2D eigenvalue weighted by Gasteiger charge is 2.42. The molecule has 47 heavy (non-hydrogen) atoms. The number of carbonyl (C=O) groups excluding carboxylic acids is 2. The van der Waals surface area contributed by atoms with E-state index in [1.807, 2.05) is 83.1 Å². The molecule has 0 spiro atoms. The highest BCUT2D eigenvalue weighted by atomic mass is 16.3. The normalized spacial score (nSPS) is 19.6. The Bertz CT molecular complexity index is 1970. The van der Waals surface area contributed by atoms with Crippen LogP contribution in [0.25, 0.3) is 22.3 Å². The molecule has 2 fully saturated rings. The Balaban J connectivity index is 1.05. The van der Waals surface area contributed by atoms with Crippen molar-refractivity contribution in [2.75, 3.05) is 26.2 Å². The molecule has 2 aliphatic rings. The van der Waals surface area contributed by atoms with Crippen LogP contribution in [0.4, 0.5) is 0 Å². The van der Waals surface area contributed by atoms with Crippen LogP contribution < -0.4 is 5.56 Å². The van der Waals surface area contributed by atoms with Gasteiger partial charge in [0.1, 0.15) is 17.7 Å². The smallest absolute Gasteiger partial charge is 0.270 e. The summed E-state index contributed by atoms with van der Waals surface area (Å²) in [6, 6.07) is 19.4. The van der Waals surface area contributed by atoms with Crippen molar-refractivity contribution in [3.63, 3.8) is 0 Å². The number of amides is 2. The number of aryl methyl sites for hydroxylation is 1. The minimum atomic E-state index is -1.12. The fraction of sp³-hybridized carbons (Fsp3) is 0.361. The molecule has 2 amide bonds. The third kappa shape index (κ3) is 5.76. The van der Waals surface area contributed by atoms with Crippen molar-refractivity contribution in [2.24, 2.45) is 20.0 Å². The molecule has 11 heteroatoms. The number of hydrogen-bond donors (Lipinski definition) is 1. The van der Waals surface area contributed by atoms with Crippen LogP contribution in [0, 0.1) is 5.92 Å². The molecule has 4 aromatic heterocycles. The first-order valence-corrected chi connectivity index (χ1v) is 16.1. The molecule has 5 aromatic rings. The lowest BCUT2D eigenvalue weighted by molar-refractivity contribution is -0.142. The van der Waals surface area contributed by atoms with E-state index in [1.54, 1.807) is 29.2 Å². The maximum Gasteiger partial charge on any atom is 0.270 e. The summed E-state index contributed by atoms with van der Waals surface area (Å²) in [5.74, 6) is -0.456. The van der Waals surface area contributed by atoms with Gasteiger partial charge in [-0.2, -0.15) is 0 Å². The Hall–Kier alpha value is -5.03. The van der Waals surface area contributed by atoms with Crippen molar-refractivity contribution < 1.29 is 14.7 Å². The Labute approximate surface area is 272 Å². The van der Waals surface area contributed by atoms with E-state index >= 15 is 0 Å². The molecule has 6 heterocycles. The number of benzene rings is 1. The average molecular weight is 634 g/mol. The number of piperidine rings is 2. The first-order valence-electron chi connectivity index (χ1n) is 16.1. The Morgan fingerprint density at radius 2 is 1.68 bits per heavy atom. The molecule has 0 bridgehead atoms. The third-order valence-corrected chi connectivity index (χ3v) is 10.1. The molecule has 11 nitrogen and oxygen atoms in total. The van der Waals surface area contributed by atoms with E-state index in [1.165, 1.54) is 10.9 Å². The molecule has 0 radical (unpaired) electrons. The summed E-state index contributed by atoms with van der Waals surface area (Å²) in [5.41, 5.74) is 2.86. The Kier molecular flexibility index (Phi) is 8.01. The molecule has 0 unspecified atom stereocenters. The molecule has 2 saturated heterocycles. The number of fused-ring (bicyclic) bond motifs is 1. The van der Waals surface area contributed by atoms with E-state index in [-0.39, 0.29) is 35.8 Å². The molecule has 1 aromatic carbocycles. The molecule has 242 valence electrons. The van der Waals surface area contributed by atoms with Crippen LogP contribution >= 0.6 is 0 Å². The molecular weight excluding hydrogens is 594 g/mol. The summed E-state index contributed by atoms with van der Waals surface area (Å²) in [4.78, 5) is 53.3. The number of carbonyl (C=O) groups is 2. The summed E-state index contributed by atoms with van der Waals surface area (Å²) in [6.45, 7) is 1.83. The summed E-state index contributed by atoms with van der Waals surface area (Å²) in [6.07, 6.45) is 8.04. The molecule has 0 aliphatic carbocycles. The zero-order valence-corrected chi connectivity index (χ0v) is 26.7. The number of aliphatic hydroxyl groups is 1. The van der Waals surface area contributed by atoms with Gasteiger partial charge < -0.3 is 24.0 Å². The fourth-order valence-corrected chi connectivity index (χ4v) is 7.32. The minimum Gasteiger partial charge on any atom is -0.388 e. The summed E-state index contributed by atoms with van der Waals surface area (Å²) in [7, 11) is 3.74. The number of nitrogens with zero attached hydrogens (tertiary/aromatic N) is 7. The van der Waals surface area contributed by atoms with Crippen molar-refractivity contribution in [3.05, 3.63) is 107 Å². The van der Waals surface area contributed by atoms with E-state index in [0.29, 0.717) is 62.2 Å². The topological polar surface area (TPSA) is 118 Å². The van der Waals surface area contributed by atoms with Gasteiger partial charge in [0.05, 0.1) is 17.5 Å². The predicted molar refractivity (Wildman–Crippen MR) is 178 cm³/mol. The number of hydrogen-bond acceptors (Lipinski definition) is 6. The van der Waals surface area contributed by atoms with E-state index in [0.717, 1.165) is 16.8 Å². The van der Waals surface area contributed by atoms with Gasteiger partial charge >= 0.3 is 0 Å². The SMILES string of the molecule is Cn1c(C(=O)N2CC[C@@H](C(=O)N3CCC(O)(Cn4cnc5c(ccn5C)c4=O)CC3)[C@H](c3ccccc3)C2)ccc1-c1ccncc1. The van der Waals surface area contributed by atoms with Gasteiger partial charge in [-0.3, -0.25) is 23.9 Å². The van der Waals surface area contributed by atoms with Crippen LogP contribution in [0.2, 0.25) is 0 Å². The second kappa shape index (κ2) is 12.3. The molecule has 7 rings (SSSR count). The zero-order valence-electron chi connectivity index (χ0n) is 26.7. The molecule has 0 saturated carbocycles. The van der Waals surface area contributed by atoms with Gasteiger partial charge in [-0.25, -0.2) is 4.98 Å². The van der Waals surface area contributed by atoms with Crippen LogP contribution in [0.1, 0.15) is 41.2 Å². The number of aromatic nitrogens is 5. The summed E-state index contributed by atoms with van der Waals surface area (Å²) in [5, 5.41) is 12.0. The van der Waals surface area contributed by atoms with Crippen molar-refractivity contribution in [1.29, 1.82) is 0 Å². The van der Waals surface area contributed by atoms with Gasteiger partial charge in [0.2, 0.25) is 5.91 Å².